The van der Waals surface area contributed by atoms with Crippen molar-refractivity contribution in [1.82, 2.24) is 3.97 Å². The zero-order valence-corrected chi connectivity index (χ0v) is 17.6. The highest BCUT2D eigenvalue weighted by molar-refractivity contribution is 7.90. The first-order valence-electron chi connectivity index (χ1n) is 9.14. The van der Waals surface area contributed by atoms with E-state index >= 15 is 0 Å². The Labute approximate surface area is 182 Å². The van der Waals surface area contributed by atoms with Crippen molar-refractivity contribution >= 4 is 44.1 Å². The van der Waals surface area contributed by atoms with Gasteiger partial charge in [0.15, 0.2) is 0 Å². The van der Waals surface area contributed by atoms with E-state index in [1.165, 1.54) is 30.5 Å². The van der Waals surface area contributed by atoms with Gasteiger partial charge in [0.1, 0.15) is 11.2 Å². The standard InChI is InChI=1S/C22H17ClFN3O3S/c23-21(22(26)28)17-10-13(6-9-19(17)25)18-12-27(20-11-14(24)7-8-16(18)20)31(29,30)15-4-2-1-3-5-15/h1-12,21H,25H2,(H2,26,28). The largest absolute Gasteiger partial charge is 0.398 e. The fraction of sp³-hybridized carbons (Fsp3) is 0.0455. The van der Waals surface area contributed by atoms with E-state index in [1.807, 2.05) is 0 Å². The fourth-order valence-electron chi connectivity index (χ4n) is 3.42. The minimum absolute atomic E-state index is 0.0651. The molecular weight excluding hydrogens is 441 g/mol. The molecule has 4 rings (SSSR count). The molecule has 0 radical (unpaired) electrons. The highest BCUT2D eigenvalue weighted by atomic mass is 35.5. The molecule has 3 aromatic carbocycles. The Morgan fingerprint density at radius 2 is 1.74 bits per heavy atom. The average molecular weight is 458 g/mol. The van der Waals surface area contributed by atoms with Crippen molar-refractivity contribution < 1.29 is 17.6 Å². The maximum atomic E-state index is 14.0. The quantitative estimate of drug-likeness (QED) is 0.348. The normalized spacial score (nSPS) is 12.7. The Bertz CT molecular complexity index is 1420. The molecule has 0 fully saturated rings. The van der Waals surface area contributed by atoms with Crippen LogP contribution in [0.3, 0.4) is 0 Å². The molecule has 31 heavy (non-hydrogen) atoms. The number of aromatic nitrogens is 1. The maximum Gasteiger partial charge on any atom is 0.268 e. The second-order valence-corrected chi connectivity index (χ2v) is 9.18. The van der Waals surface area contributed by atoms with Gasteiger partial charge in [-0.1, -0.05) is 24.3 Å². The molecule has 1 heterocycles. The number of nitrogen functional groups attached to an aromatic ring is 1. The number of rotatable bonds is 5. The molecular formula is C22H17ClFN3O3S. The van der Waals surface area contributed by atoms with E-state index in [1.54, 1.807) is 36.4 Å². The van der Waals surface area contributed by atoms with Crippen molar-refractivity contribution in [1.29, 1.82) is 0 Å². The number of halogens is 2. The molecule has 0 spiro atoms. The van der Waals surface area contributed by atoms with Gasteiger partial charge in [-0.05, 0) is 48.0 Å². The Kier molecular flexibility index (Phi) is 5.20. The van der Waals surface area contributed by atoms with Crippen molar-refractivity contribution in [3.8, 4) is 11.1 Å². The number of hydrogen-bond donors (Lipinski definition) is 2. The number of hydrogen-bond acceptors (Lipinski definition) is 4. The minimum Gasteiger partial charge on any atom is -0.398 e. The zero-order chi connectivity index (χ0) is 22.3. The molecule has 0 aliphatic carbocycles. The van der Waals surface area contributed by atoms with Crippen LogP contribution in [0.15, 0.2) is 77.8 Å². The summed E-state index contributed by atoms with van der Waals surface area (Å²) in [6, 6.07) is 16.6. The highest BCUT2D eigenvalue weighted by Gasteiger charge is 2.23. The summed E-state index contributed by atoms with van der Waals surface area (Å²) >= 11 is 6.10. The third-order valence-corrected chi connectivity index (χ3v) is 7.09. The van der Waals surface area contributed by atoms with Crippen molar-refractivity contribution in [2.45, 2.75) is 10.3 Å². The lowest BCUT2D eigenvalue weighted by atomic mass is 9.99. The number of nitrogens with zero attached hydrogens (tertiary/aromatic N) is 1. The van der Waals surface area contributed by atoms with Gasteiger partial charge in [-0.3, -0.25) is 4.79 Å². The Hall–Kier alpha value is -3.36. The summed E-state index contributed by atoms with van der Waals surface area (Å²) in [6.07, 6.45) is 1.41. The first kappa shape index (κ1) is 20.9. The number of fused-ring (bicyclic) bond motifs is 1. The lowest BCUT2D eigenvalue weighted by molar-refractivity contribution is -0.117. The van der Waals surface area contributed by atoms with Gasteiger partial charge in [0, 0.05) is 28.4 Å². The molecule has 1 unspecified atom stereocenters. The Balaban J connectivity index is 1.98. The fourth-order valence-corrected chi connectivity index (χ4v) is 4.99. The number of alkyl halides is 1. The van der Waals surface area contributed by atoms with Gasteiger partial charge in [-0.2, -0.15) is 0 Å². The van der Waals surface area contributed by atoms with Crippen LogP contribution >= 0.6 is 11.6 Å². The van der Waals surface area contributed by atoms with Crippen LogP contribution < -0.4 is 11.5 Å². The van der Waals surface area contributed by atoms with Gasteiger partial charge in [-0.25, -0.2) is 16.8 Å². The number of carbonyl (C=O) groups excluding carboxylic acids is 1. The molecule has 0 aliphatic heterocycles. The Morgan fingerprint density at radius 3 is 2.42 bits per heavy atom. The summed E-state index contributed by atoms with van der Waals surface area (Å²) in [5.74, 6) is -1.34. The molecule has 1 amide bonds. The summed E-state index contributed by atoms with van der Waals surface area (Å²) in [5, 5.41) is -0.652. The topological polar surface area (TPSA) is 108 Å². The Morgan fingerprint density at radius 1 is 1.03 bits per heavy atom. The van der Waals surface area contributed by atoms with E-state index in [2.05, 4.69) is 0 Å². The third kappa shape index (κ3) is 3.64. The third-order valence-electron chi connectivity index (χ3n) is 4.95. The molecule has 4 aromatic rings. The summed E-state index contributed by atoms with van der Waals surface area (Å²) < 4.78 is 41.6. The van der Waals surface area contributed by atoms with E-state index in [4.69, 9.17) is 23.1 Å². The minimum atomic E-state index is -3.99. The molecule has 0 saturated heterocycles. The number of nitrogens with two attached hydrogens (primary N) is 2. The average Bonchev–Trinajstić information content (AvgIpc) is 3.13. The van der Waals surface area contributed by atoms with Crippen molar-refractivity contribution in [2.24, 2.45) is 5.73 Å². The van der Waals surface area contributed by atoms with Crippen LogP contribution in [-0.4, -0.2) is 18.3 Å². The van der Waals surface area contributed by atoms with E-state index in [-0.39, 0.29) is 16.1 Å². The summed E-state index contributed by atoms with van der Waals surface area (Å²) in [5.41, 5.74) is 13.1. The van der Waals surface area contributed by atoms with Gasteiger partial charge in [0.05, 0.1) is 10.4 Å². The summed E-state index contributed by atoms with van der Waals surface area (Å²) in [7, 11) is -3.99. The number of carbonyl (C=O) groups is 1. The molecule has 0 bridgehead atoms. The van der Waals surface area contributed by atoms with Crippen molar-refractivity contribution in [3.05, 3.63) is 84.3 Å². The van der Waals surface area contributed by atoms with Gasteiger partial charge >= 0.3 is 0 Å². The predicted molar refractivity (Wildman–Crippen MR) is 119 cm³/mol. The van der Waals surface area contributed by atoms with Gasteiger partial charge in [0.25, 0.3) is 10.0 Å². The van der Waals surface area contributed by atoms with Crippen LogP contribution in [0.2, 0.25) is 0 Å². The summed E-state index contributed by atoms with van der Waals surface area (Å²) in [6.45, 7) is 0. The van der Waals surface area contributed by atoms with Crippen molar-refractivity contribution in [2.75, 3.05) is 5.73 Å². The number of anilines is 1. The first-order chi connectivity index (χ1) is 14.7. The zero-order valence-electron chi connectivity index (χ0n) is 16.0. The monoisotopic (exact) mass is 457 g/mol. The van der Waals surface area contributed by atoms with Gasteiger partial charge in [0.2, 0.25) is 5.91 Å². The van der Waals surface area contributed by atoms with Crippen LogP contribution in [-0.2, 0) is 14.8 Å². The number of benzene rings is 3. The molecule has 0 saturated carbocycles. The maximum absolute atomic E-state index is 14.0. The molecule has 9 heteroatoms. The smallest absolute Gasteiger partial charge is 0.268 e. The molecule has 1 aromatic heterocycles. The number of amides is 1. The van der Waals surface area contributed by atoms with Gasteiger partial charge < -0.3 is 11.5 Å². The van der Waals surface area contributed by atoms with Crippen LogP contribution in [0.1, 0.15) is 10.9 Å². The second kappa shape index (κ2) is 7.72. The van der Waals surface area contributed by atoms with E-state index < -0.39 is 27.1 Å². The van der Waals surface area contributed by atoms with Crippen LogP contribution in [0.5, 0.6) is 0 Å². The second-order valence-electron chi connectivity index (χ2n) is 6.93. The van der Waals surface area contributed by atoms with Crippen LogP contribution in [0, 0.1) is 5.82 Å². The van der Waals surface area contributed by atoms with E-state index in [0.29, 0.717) is 22.1 Å². The first-order valence-corrected chi connectivity index (χ1v) is 11.0. The SMILES string of the molecule is NC(=O)C(Cl)c1cc(-c2cn(S(=O)(=O)c3ccccc3)c3cc(F)ccc23)ccc1N. The van der Waals surface area contributed by atoms with Crippen molar-refractivity contribution in [3.63, 3.8) is 0 Å². The lowest BCUT2D eigenvalue weighted by Crippen LogP contribution is -2.18. The van der Waals surface area contributed by atoms with Gasteiger partial charge in [-0.15, -0.1) is 11.6 Å². The molecule has 0 aliphatic rings. The molecule has 4 N–H and O–H groups in total. The summed E-state index contributed by atoms with van der Waals surface area (Å²) in [4.78, 5) is 11.6. The lowest BCUT2D eigenvalue weighted by Gasteiger charge is -2.11. The molecule has 1 atom stereocenters. The molecule has 6 nitrogen and oxygen atoms in total. The van der Waals surface area contributed by atoms with Crippen LogP contribution in [0.25, 0.3) is 22.0 Å². The van der Waals surface area contributed by atoms with Crippen LogP contribution in [0.4, 0.5) is 10.1 Å². The number of primary amides is 1. The molecule has 158 valence electrons. The van der Waals surface area contributed by atoms with E-state index in [9.17, 15) is 17.6 Å². The highest BCUT2D eigenvalue weighted by Crippen LogP contribution is 2.36. The van der Waals surface area contributed by atoms with E-state index in [0.717, 1.165) is 10.0 Å². The predicted octanol–water partition coefficient (Wildman–Crippen LogP) is 4.03.